The third kappa shape index (κ3) is 5.29. The topological polar surface area (TPSA) is 65.5 Å². The lowest BCUT2D eigenvalue weighted by atomic mass is 9.98. The Hall–Kier alpha value is -1.99. The molecule has 1 aliphatic rings. The number of nitrogens with one attached hydrogen (secondary N) is 1. The fourth-order valence-electron chi connectivity index (χ4n) is 3.61. The van der Waals surface area contributed by atoms with Crippen molar-refractivity contribution in [2.45, 2.75) is 45.6 Å². The van der Waals surface area contributed by atoms with Gasteiger partial charge in [0.25, 0.3) is 0 Å². The summed E-state index contributed by atoms with van der Waals surface area (Å²) in [5, 5.41) is 4.02. The minimum Gasteiger partial charge on any atom is -0.353 e. The van der Waals surface area contributed by atoms with Crippen LogP contribution >= 0.6 is 11.3 Å². The molecule has 7 heteroatoms. The number of fused-ring (bicyclic) bond motifs is 1. The second-order valence-corrected chi connectivity index (χ2v) is 8.79. The number of hydrogen-bond acceptors (Lipinski definition) is 5. The lowest BCUT2D eigenvalue weighted by Gasteiger charge is -2.33. The van der Waals surface area contributed by atoms with Gasteiger partial charge >= 0.3 is 0 Å². The number of carbonyl (C=O) groups is 2. The van der Waals surface area contributed by atoms with Gasteiger partial charge < -0.3 is 10.2 Å². The number of para-hydroxylation sites is 1. The zero-order chi connectivity index (χ0) is 20.1. The normalized spacial score (nSPS) is 17.5. The number of likely N-dealkylation sites (N-methyl/N-ethyl adjacent to an activating group) is 1. The molecule has 1 aromatic carbocycles. The maximum atomic E-state index is 12.9. The molecule has 0 aliphatic carbocycles. The third-order valence-electron chi connectivity index (χ3n) is 5.06. The average molecular weight is 403 g/mol. The van der Waals surface area contributed by atoms with Gasteiger partial charge in [0.05, 0.1) is 28.3 Å². The summed E-state index contributed by atoms with van der Waals surface area (Å²) in [7, 11) is 0. The summed E-state index contributed by atoms with van der Waals surface area (Å²) in [6, 6.07) is 8.30. The molecule has 2 aromatic rings. The van der Waals surface area contributed by atoms with Crippen LogP contribution < -0.4 is 5.32 Å². The molecular weight excluding hydrogens is 372 g/mol. The quantitative estimate of drug-likeness (QED) is 0.773. The first kappa shape index (κ1) is 20.7. The van der Waals surface area contributed by atoms with E-state index in [0.29, 0.717) is 19.0 Å². The Labute approximate surface area is 170 Å². The molecule has 1 aromatic heterocycles. The number of rotatable bonds is 7. The maximum absolute atomic E-state index is 12.9. The number of likely N-dealkylation sites (tertiary alicyclic amines) is 1. The standard InChI is InChI=1S/C21H30N4O2S/c1-4-24(13-19(26)22-15(2)3)14-20(27)25-11-7-8-16(12-25)21-23-17-9-5-6-10-18(17)28-21/h5-6,9-10,15-16H,4,7-8,11-14H2,1-3H3,(H,22,26)/t16-/m0/s1. The van der Waals surface area contributed by atoms with Crippen molar-refractivity contribution in [2.75, 3.05) is 32.7 Å². The molecule has 1 N–H and O–H groups in total. The molecule has 0 spiro atoms. The number of piperidine rings is 1. The van der Waals surface area contributed by atoms with Crippen molar-refractivity contribution in [3.8, 4) is 0 Å². The van der Waals surface area contributed by atoms with Gasteiger partial charge in [0.15, 0.2) is 0 Å². The predicted molar refractivity (Wildman–Crippen MR) is 114 cm³/mol. The van der Waals surface area contributed by atoms with Crippen molar-refractivity contribution in [2.24, 2.45) is 0 Å². The van der Waals surface area contributed by atoms with E-state index in [0.717, 1.165) is 29.9 Å². The largest absolute Gasteiger partial charge is 0.353 e. The Kier molecular flexibility index (Phi) is 7.02. The molecular formula is C21H30N4O2S. The van der Waals surface area contributed by atoms with Crippen LogP contribution in [0.2, 0.25) is 0 Å². The smallest absolute Gasteiger partial charge is 0.236 e. The van der Waals surface area contributed by atoms with Crippen LogP contribution in [0.3, 0.4) is 0 Å². The van der Waals surface area contributed by atoms with E-state index in [1.54, 1.807) is 11.3 Å². The highest BCUT2D eigenvalue weighted by molar-refractivity contribution is 7.18. The molecule has 1 atom stereocenters. The fourth-order valence-corrected chi connectivity index (χ4v) is 4.70. The van der Waals surface area contributed by atoms with E-state index in [1.165, 1.54) is 4.70 Å². The fraction of sp³-hybridized carbons (Fsp3) is 0.571. The summed E-state index contributed by atoms with van der Waals surface area (Å²) in [5.74, 6) is 0.370. The van der Waals surface area contributed by atoms with E-state index >= 15 is 0 Å². The van der Waals surface area contributed by atoms with Crippen molar-refractivity contribution in [3.63, 3.8) is 0 Å². The second-order valence-electron chi connectivity index (χ2n) is 7.72. The van der Waals surface area contributed by atoms with Gasteiger partial charge in [0.1, 0.15) is 0 Å². The van der Waals surface area contributed by atoms with Crippen molar-refractivity contribution >= 4 is 33.4 Å². The van der Waals surface area contributed by atoms with Crippen LogP contribution in [0, 0.1) is 0 Å². The van der Waals surface area contributed by atoms with Crippen molar-refractivity contribution in [1.82, 2.24) is 20.1 Å². The van der Waals surface area contributed by atoms with Crippen molar-refractivity contribution in [1.29, 1.82) is 0 Å². The van der Waals surface area contributed by atoms with Gasteiger partial charge in [-0.1, -0.05) is 19.1 Å². The molecule has 0 radical (unpaired) electrons. The second kappa shape index (κ2) is 9.47. The van der Waals surface area contributed by atoms with Crippen LogP contribution in [0.1, 0.15) is 44.5 Å². The van der Waals surface area contributed by atoms with Crippen LogP contribution in [0.4, 0.5) is 0 Å². The highest BCUT2D eigenvalue weighted by Gasteiger charge is 2.28. The Balaban J connectivity index is 1.59. The highest BCUT2D eigenvalue weighted by Crippen LogP contribution is 2.32. The molecule has 2 heterocycles. The average Bonchev–Trinajstić information content (AvgIpc) is 3.11. The van der Waals surface area contributed by atoms with Crippen LogP contribution in [0.15, 0.2) is 24.3 Å². The van der Waals surface area contributed by atoms with E-state index in [-0.39, 0.29) is 30.9 Å². The summed E-state index contributed by atoms with van der Waals surface area (Å²) in [6.45, 7) is 8.58. The summed E-state index contributed by atoms with van der Waals surface area (Å²) in [4.78, 5) is 33.5. The molecule has 1 aliphatic heterocycles. The lowest BCUT2D eigenvalue weighted by Crippen LogP contribution is -2.47. The highest BCUT2D eigenvalue weighted by atomic mass is 32.1. The minimum atomic E-state index is -0.0318. The Morgan fingerprint density at radius 2 is 2.11 bits per heavy atom. The van der Waals surface area contributed by atoms with E-state index in [9.17, 15) is 9.59 Å². The monoisotopic (exact) mass is 402 g/mol. The molecule has 0 saturated carbocycles. The number of thiazole rings is 1. The Bertz CT molecular complexity index is 787. The van der Waals surface area contributed by atoms with Crippen LogP contribution in [0.5, 0.6) is 0 Å². The van der Waals surface area contributed by atoms with E-state index in [1.807, 2.05) is 48.8 Å². The van der Waals surface area contributed by atoms with Gasteiger partial charge in [-0.2, -0.15) is 0 Å². The van der Waals surface area contributed by atoms with E-state index < -0.39 is 0 Å². The van der Waals surface area contributed by atoms with Gasteiger partial charge in [0.2, 0.25) is 11.8 Å². The van der Waals surface area contributed by atoms with E-state index in [4.69, 9.17) is 4.98 Å². The number of benzene rings is 1. The number of aromatic nitrogens is 1. The summed E-state index contributed by atoms with van der Waals surface area (Å²) < 4.78 is 1.20. The lowest BCUT2D eigenvalue weighted by molar-refractivity contribution is -0.134. The molecule has 28 heavy (non-hydrogen) atoms. The maximum Gasteiger partial charge on any atom is 0.236 e. The molecule has 6 nitrogen and oxygen atoms in total. The van der Waals surface area contributed by atoms with Crippen molar-refractivity contribution < 1.29 is 9.59 Å². The van der Waals surface area contributed by atoms with Gasteiger partial charge in [-0.05, 0) is 45.4 Å². The number of carbonyl (C=O) groups excluding carboxylic acids is 2. The van der Waals surface area contributed by atoms with Gasteiger partial charge in [-0.25, -0.2) is 4.98 Å². The molecule has 0 bridgehead atoms. The molecule has 0 unspecified atom stereocenters. The zero-order valence-corrected chi connectivity index (χ0v) is 17.8. The first-order valence-corrected chi connectivity index (χ1v) is 10.9. The zero-order valence-electron chi connectivity index (χ0n) is 17.0. The van der Waals surface area contributed by atoms with Crippen LogP contribution in [0.25, 0.3) is 10.2 Å². The van der Waals surface area contributed by atoms with Gasteiger partial charge in [0, 0.05) is 25.0 Å². The Morgan fingerprint density at radius 1 is 1.32 bits per heavy atom. The molecule has 1 saturated heterocycles. The van der Waals surface area contributed by atoms with E-state index in [2.05, 4.69) is 11.4 Å². The first-order valence-electron chi connectivity index (χ1n) is 10.1. The summed E-state index contributed by atoms with van der Waals surface area (Å²) >= 11 is 1.74. The molecule has 2 amide bonds. The van der Waals surface area contributed by atoms with Gasteiger partial charge in [-0.15, -0.1) is 11.3 Å². The molecule has 152 valence electrons. The third-order valence-corrected chi connectivity index (χ3v) is 6.26. The number of nitrogens with zero attached hydrogens (tertiary/aromatic N) is 3. The molecule has 1 fully saturated rings. The number of amides is 2. The number of hydrogen-bond donors (Lipinski definition) is 1. The van der Waals surface area contributed by atoms with Crippen LogP contribution in [-0.4, -0.2) is 65.4 Å². The molecule has 3 rings (SSSR count). The minimum absolute atomic E-state index is 0.0318. The SMILES string of the molecule is CCN(CC(=O)NC(C)C)CC(=O)N1CCC[C@H](c2nc3ccccc3s2)C1. The predicted octanol–water partition coefficient (Wildman–Crippen LogP) is 2.85. The van der Waals surface area contributed by atoms with Crippen LogP contribution in [-0.2, 0) is 9.59 Å². The summed E-state index contributed by atoms with van der Waals surface area (Å²) in [6.07, 6.45) is 2.06. The van der Waals surface area contributed by atoms with Gasteiger partial charge in [-0.3, -0.25) is 14.5 Å². The first-order chi connectivity index (χ1) is 13.5. The summed E-state index contributed by atoms with van der Waals surface area (Å²) in [5.41, 5.74) is 1.04. The Morgan fingerprint density at radius 3 is 2.82 bits per heavy atom. The van der Waals surface area contributed by atoms with Crippen molar-refractivity contribution in [3.05, 3.63) is 29.3 Å².